The van der Waals surface area contributed by atoms with Crippen LogP contribution >= 0.6 is 0 Å². The second-order valence-corrected chi connectivity index (χ2v) is 5.81. The van der Waals surface area contributed by atoms with Gasteiger partial charge < -0.3 is 19.4 Å². The highest BCUT2D eigenvalue weighted by molar-refractivity contribution is 6.00. The summed E-state index contributed by atoms with van der Waals surface area (Å²) in [5, 5.41) is 0. The molecule has 22 heavy (non-hydrogen) atoms. The molecule has 0 aromatic carbocycles. The van der Waals surface area contributed by atoms with Crippen molar-refractivity contribution in [2.45, 2.75) is 46.8 Å². The van der Waals surface area contributed by atoms with Crippen LogP contribution in [0.2, 0.25) is 0 Å². The molecule has 1 fully saturated rings. The number of nitrogens with one attached hydrogen (secondary N) is 1. The van der Waals surface area contributed by atoms with Crippen molar-refractivity contribution in [2.24, 2.45) is 0 Å². The van der Waals surface area contributed by atoms with Gasteiger partial charge in [0.05, 0.1) is 24.4 Å². The maximum absolute atomic E-state index is 12.7. The minimum Gasteiger partial charge on any atom is -0.462 e. The van der Waals surface area contributed by atoms with Gasteiger partial charge in [-0.1, -0.05) is 0 Å². The van der Waals surface area contributed by atoms with Gasteiger partial charge in [-0.05, 0) is 40.2 Å². The molecule has 0 radical (unpaired) electrons. The predicted molar refractivity (Wildman–Crippen MR) is 82.1 cm³/mol. The molecule has 1 aliphatic rings. The average molecular weight is 308 g/mol. The van der Waals surface area contributed by atoms with Crippen LogP contribution in [0.15, 0.2) is 0 Å². The van der Waals surface area contributed by atoms with E-state index in [4.69, 9.17) is 9.47 Å². The zero-order valence-electron chi connectivity index (χ0n) is 13.9. The van der Waals surface area contributed by atoms with Gasteiger partial charge in [-0.2, -0.15) is 0 Å². The first-order valence-electron chi connectivity index (χ1n) is 7.66. The summed E-state index contributed by atoms with van der Waals surface area (Å²) in [6, 6.07) is 0. The van der Waals surface area contributed by atoms with Crippen molar-refractivity contribution in [1.82, 2.24) is 9.88 Å². The smallest absolute Gasteiger partial charge is 0.340 e. The molecule has 2 unspecified atom stereocenters. The van der Waals surface area contributed by atoms with Gasteiger partial charge in [-0.25, -0.2) is 4.79 Å². The van der Waals surface area contributed by atoms with Crippen LogP contribution in [0.3, 0.4) is 0 Å². The SMILES string of the molecule is CCOC(=O)c1c(C)[nH]c(C(=O)N2CC(C)OC(C)C2)c1C. The van der Waals surface area contributed by atoms with Crippen molar-refractivity contribution in [2.75, 3.05) is 19.7 Å². The van der Waals surface area contributed by atoms with E-state index in [0.717, 1.165) is 0 Å². The lowest BCUT2D eigenvalue weighted by Crippen LogP contribution is -2.48. The molecule has 1 aliphatic heterocycles. The molecule has 2 rings (SSSR count). The van der Waals surface area contributed by atoms with E-state index in [9.17, 15) is 9.59 Å². The number of esters is 1. The van der Waals surface area contributed by atoms with E-state index in [2.05, 4.69) is 4.98 Å². The first kappa shape index (κ1) is 16.5. The van der Waals surface area contributed by atoms with E-state index in [1.807, 2.05) is 13.8 Å². The Morgan fingerprint density at radius 1 is 1.27 bits per heavy atom. The number of ether oxygens (including phenoxy) is 2. The van der Waals surface area contributed by atoms with Crippen LogP contribution < -0.4 is 0 Å². The number of morpholine rings is 1. The minimum atomic E-state index is -0.392. The third-order valence-corrected chi connectivity index (χ3v) is 3.84. The highest BCUT2D eigenvalue weighted by atomic mass is 16.5. The van der Waals surface area contributed by atoms with E-state index in [1.165, 1.54) is 0 Å². The summed E-state index contributed by atoms with van der Waals surface area (Å²) in [6.07, 6.45) is 0.0159. The molecular formula is C16H24N2O4. The van der Waals surface area contributed by atoms with Crippen LogP contribution in [-0.2, 0) is 9.47 Å². The summed E-state index contributed by atoms with van der Waals surface area (Å²) < 4.78 is 10.7. The largest absolute Gasteiger partial charge is 0.462 e. The number of hydrogen-bond acceptors (Lipinski definition) is 4. The lowest BCUT2D eigenvalue weighted by atomic mass is 10.1. The van der Waals surface area contributed by atoms with Crippen molar-refractivity contribution < 1.29 is 19.1 Å². The predicted octanol–water partition coefficient (Wildman–Crippen LogP) is 2.06. The topological polar surface area (TPSA) is 71.6 Å². The van der Waals surface area contributed by atoms with Gasteiger partial charge in [0.2, 0.25) is 0 Å². The second-order valence-electron chi connectivity index (χ2n) is 5.81. The van der Waals surface area contributed by atoms with Gasteiger partial charge in [0, 0.05) is 18.8 Å². The number of aromatic amines is 1. The number of aryl methyl sites for hydroxylation is 1. The molecule has 1 amide bonds. The fourth-order valence-electron chi connectivity index (χ4n) is 2.98. The molecule has 0 spiro atoms. The van der Waals surface area contributed by atoms with Crippen molar-refractivity contribution in [3.05, 3.63) is 22.5 Å². The fraction of sp³-hybridized carbons (Fsp3) is 0.625. The Bertz CT molecular complexity index is 569. The number of nitrogens with zero attached hydrogens (tertiary/aromatic N) is 1. The standard InChI is InChI=1S/C16H24N2O4/c1-6-21-16(20)13-11(4)14(17-12(13)5)15(19)18-7-9(2)22-10(3)8-18/h9-10,17H,6-8H2,1-5H3. The second kappa shape index (κ2) is 6.52. The maximum atomic E-state index is 12.7. The van der Waals surface area contributed by atoms with Gasteiger partial charge in [-0.15, -0.1) is 0 Å². The number of rotatable bonds is 3. The Morgan fingerprint density at radius 2 is 1.86 bits per heavy atom. The van der Waals surface area contributed by atoms with Crippen molar-refractivity contribution in [1.29, 1.82) is 0 Å². The Hall–Kier alpha value is -1.82. The first-order valence-corrected chi connectivity index (χ1v) is 7.66. The molecule has 1 saturated heterocycles. The summed E-state index contributed by atoms with van der Waals surface area (Å²) in [7, 11) is 0. The molecule has 6 nitrogen and oxygen atoms in total. The molecular weight excluding hydrogens is 284 g/mol. The molecule has 0 aliphatic carbocycles. The molecule has 1 N–H and O–H groups in total. The van der Waals surface area contributed by atoms with Crippen LogP contribution in [0.25, 0.3) is 0 Å². The van der Waals surface area contributed by atoms with E-state index in [0.29, 0.717) is 42.2 Å². The Kier molecular flexibility index (Phi) is 4.90. The number of carbonyl (C=O) groups is 2. The molecule has 1 aromatic heterocycles. The van der Waals surface area contributed by atoms with E-state index >= 15 is 0 Å². The first-order chi connectivity index (χ1) is 10.3. The molecule has 2 atom stereocenters. The number of aromatic nitrogens is 1. The molecule has 1 aromatic rings. The van der Waals surface area contributed by atoms with E-state index in [1.54, 1.807) is 25.7 Å². The maximum Gasteiger partial charge on any atom is 0.340 e. The highest BCUT2D eigenvalue weighted by Gasteiger charge is 2.30. The molecule has 122 valence electrons. The number of amides is 1. The van der Waals surface area contributed by atoms with Gasteiger partial charge in [0.15, 0.2) is 0 Å². The zero-order chi connectivity index (χ0) is 16.4. The highest BCUT2D eigenvalue weighted by Crippen LogP contribution is 2.22. The summed E-state index contributed by atoms with van der Waals surface area (Å²) in [5.41, 5.74) is 2.22. The normalized spacial score (nSPS) is 21.8. The monoisotopic (exact) mass is 308 g/mol. The molecule has 2 heterocycles. The number of H-pyrrole nitrogens is 1. The van der Waals surface area contributed by atoms with Crippen LogP contribution in [-0.4, -0.2) is 53.7 Å². The molecule has 0 bridgehead atoms. The number of hydrogen-bond donors (Lipinski definition) is 1. The summed E-state index contributed by atoms with van der Waals surface area (Å²) in [6.45, 7) is 10.6. The average Bonchev–Trinajstić information content (AvgIpc) is 2.72. The van der Waals surface area contributed by atoms with Crippen LogP contribution in [0.5, 0.6) is 0 Å². The summed E-state index contributed by atoms with van der Waals surface area (Å²) in [4.78, 5) is 29.6. The summed E-state index contributed by atoms with van der Waals surface area (Å²) >= 11 is 0. The van der Waals surface area contributed by atoms with E-state index in [-0.39, 0.29) is 18.1 Å². The fourth-order valence-corrected chi connectivity index (χ4v) is 2.98. The quantitative estimate of drug-likeness (QED) is 0.868. The molecule has 0 saturated carbocycles. The van der Waals surface area contributed by atoms with Crippen LogP contribution in [0.4, 0.5) is 0 Å². The van der Waals surface area contributed by atoms with Crippen molar-refractivity contribution in [3.63, 3.8) is 0 Å². The van der Waals surface area contributed by atoms with Crippen LogP contribution in [0, 0.1) is 13.8 Å². The van der Waals surface area contributed by atoms with Gasteiger partial charge in [0.1, 0.15) is 5.69 Å². The van der Waals surface area contributed by atoms with Gasteiger partial charge in [-0.3, -0.25) is 4.79 Å². The van der Waals surface area contributed by atoms with Gasteiger partial charge in [0.25, 0.3) is 5.91 Å². The van der Waals surface area contributed by atoms with E-state index < -0.39 is 5.97 Å². The number of carbonyl (C=O) groups excluding carboxylic acids is 2. The lowest BCUT2D eigenvalue weighted by molar-refractivity contribution is -0.0587. The Balaban J connectivity index is 2.27. The third kappa shape index (κ3) is 3.16. The lowest BCUT2D eigenvalue weighted by Gasteiger charge is -2.35. The Labute approximate surface area is 130 Å². The zero-order valence-corrected chi connectivity index (χ0v) is 13.9. The van der Waals surface area contributed by atoms with Crippen molar-refractivity contribution in [3.8, 4) is 0 Å². The van der Waals surface area contributed by atoms with Crippen LogP contribution in [0.1, 0.15) is 52.9 Å². The van der Waals surface area contributed by atoms with Crippen molar-refractivity contribution >= 4 is 11.9 Å². The molecule has 6 heteroatoms. The van der Waals surface area contributed by atoms with Gasteiger partial charge >= 0.3 is 5.97 Å². The third-order valence-electron chi connectivity index (χ3n) is 3.84. The minimum absolute atomic E-state index is 0.00796. The Morgan fingerprint density at radius 3 is 2.41 bits per heavy atom. The summed E-state index contributed by atoms with van der Waals surface area (Å²) in [5.74, 6) is -0.491.